The van der Waals surface area contributed by atoms with Crippen molar-refractivity contribution in [2.45, 2.75) is 13.1 Å². The zero-order valence-electron chi connectivity index (χ0n) is 14.3. The fourth-order valence-corrected chi connectivity index (χ4v) is 2.55. The molecule has 0 aromatic carbocycles. The first-order chi connectivity index (χ1) is 12.7. The Morgan fingerprint density at radius 2 is 1.23 bits per heavy atom. The van der Waals surface area contributed by atoms with Gasteiger partial charge in [0.05, 0.1) is 39.8 Å². The number of carbonyl (C=O) groups excluding carboxylic acids is 2. The molecule has 0 unspecified atom stereocenters. The summed E-state index contributed by atoms with van der Waals surface area (Å²) in [4.78, 5) is 25.5. The molecule has 136 valence electrons. The minimum Gasteiger partial charge on any atom is -0.491 e. The smallest absolute Gasteiger partial charge is 0.249 e. The molecule has 0 saturated heterocycles. The van der Waals surface area contributed by atoms with Crippen LogP contribution in [0.15, 0.2) is 68.5 Å². The third-order valence-electron chi connectivity index (χ3n) is 3.77. The molecule has 3 rings (SSSR count). The molecule has 2 aromatic rings. The zero-order chi connectivity index (χ0) is 18.5. The van der Waals surface area contributed by atoms with E-state index in [1.165, 1.54) is 26.7 Å². The monoisotopic (exact) mass is 358 g/mol. The van der Waals surface area contributed by atoms with Gasteiger partial charge in [0, 0.05) is 0 Å². The molecule has 0 spiro atoms. The van der Waals surface area contributed by atoms with Crippen molar-refractivity contribution in [3.8, 4) is 0 Å². The van der Waals surface area contributed by atoms with Gasteiger partial charge in [0.1, 0.15) is 22.9 Å². The number of furan rings is 2. The molecule has 0 aliphatic heterocycles. The van der Waals surface area contributed by atoms with Gasteiger partial charge in [0.2, 0.25) is 11.6 Å². The van der Waals surface area contributed by atoms with E-state index < -0.39 is 11.6 Å². The van der Waals surface area contributed by atoms with Crippen LogP contribution in [0.4, 0.5) is 0 Å². The summed E-state index contributed by atoms with van der Waals surface area (Å²) in [7, 11) is 2.66. The highest BCUT2D eigenvalue weighted by atomic mass is 16.5. The number of methoxy groups -OCH3 is 2. The number of Topliss-reactive ketones (excluding diaryl/α,β-unsaturated/α-hetero) is 2. The Morgan fingerprint density at radius 3 is 1.54 bits per heavy atom. The molecule has 26 heavy (non-hydrogen) atoms. The molecule has 1 aliphatic rings. The highest BCUT2D eigenvalue weighted by Crippen LogP contribution is 2.24. The number of rotatable bonds is 8. The maximum absolute atomic E-state index is 12.8. The van der Waals surface area contributed by atoms with E-state index in [0.717, 1.165) is 0 Å². The predicted octanol–water partition coefficient (Wildman–Crippen LogP) is 1.62. The Hall–Kier alpha value is -3.42. The summed E-state index contributed by atoms with van der Waals surface area (Å²) in [6, 6.07) is 6.96. The Labute approximate surface area is 149 Å². The van der Waals surface area contributed by atoms with Crippen LogP contribution < -0.4 is 10.6 Å². The Bertz CT molecular complexity index is 774. The van der Waals surface area contributed by atoms with E-state index in [1.54, 1.807) is 24.3 Å². The Morgan fingerprint density at radius 1 is 0.808 bits per heavy atom. The van der Waals surface area contributed by atoms with Crippen LogP contribution in [0.25, 0.3) is 0 Å². The van der Waals surface area contributed by atoms with Crippen molar-refractivity contribution in [3.63, 3.8) is 0 Å². The minimum atomic E-state index is -0.488. The first-order valence-electron chi connectivity index (χ1n) is 7.84. The second-order valence-corrected chi connectivity index (χ2v) is 5.34. The Kier molecular flexibility index (Phi) is 5.12. The van der Waals surface area contributed by atoms with Gasteiger partial charge in [0.25, 0.3) is 0 Å². The molecule has 0 atom stereocenters. The lowest BCUT2D eigenvalue weighted by Gasteiger charge is -2.23. The average Bonchev–Trinajstić information content (AvgIpc) is 3.34. The molecule has 1 aliphatic carbocycles. The number of carbonyl (C=O) groups is 2. The number of nitrogens with one attached hydrogen (secondary N) is 2. The van der Waals surface area contributed by atoms with E-state index >= 15 is 0 Å². The molecule has 2 N–H and O–H groups in total. The second kappa shape index (κ2) is 7.64. The lowest BCUT2D eigenvalue weighted by atomic mass is 10.0. The third kappa shape index (κ3) is 3.34. The summed E-state index contributed by atoms with van der Waals surface area (Å²) in [6.07, 6.45) is 3.04. The number of hydrogen-bond donors (Lipinski definition) is 2. The topological polar surface area (TPSA) is 103 Å². The first kappa shape index (κ1) is 17.4. The third-order valence-corrected chi connectivity index (χ3v) is 3.77. The van der Waals surface area contributed by atoms with Crippen LogP contribution in [0.1, 0.15) is 11.5 Å². The number of ether oxygens (including phenoxy) is 2. The van der Waals surface area contributed by atoms with E-state index in [9.17, 15) is 9.59 Å². The normalized spacial score (nSPS) is 14.7. The summed E-state index contributed by atoms with van der Waals surface area (Å²) < 4.78 is 20.8. The number of ketones is 2. The van der Waals surface area contributed by atoms with Crippen molar-refractivity contribution < 1.29 is 27.9 Å². The summed E-state index contributed by atoms with van der Waals surface area (Å²) in [5.74, 6) is 0.0549. The average molecular weight is 358 g/mol. The molecular weight excluding hydrogens is 340 g/mol. The SMILES string of the molecule is COC1=C(NCc2ccco2)C(=O)C(OC)=C(NCc2ccco2)C1=O. The van der Waals surface area contributed by atoms with Crippen LogP contribution in [-0.4, -0.2) is 25.8 Å². The molecule has 2 aromatic heterocycles. The molecular formula is C18H18N2O6. The van der Waals surface area contributed by atoms with E-state index in [-0.39, 0.29) is 36.0 Å². The predicted molar refractivity (Wildman–Crippen MR) is 89.2 cm³/mol. The standard InChI is InChI=1S/C18H18N2O6/c1-23-17-13(19-9-11-5-3-7-25-11)16(22)18(24-2)14(15(17)21)20-10-12-6-4-8-26-12/h3-8,19-20H,9-10H2,1-2H3. The maximum atomic E-state index is 12.8. The molecule has 0 bridgehead atoms. The van der Waals surface area contributed by atoms with Crippen LogP contribution >= 0.6 is 0 Å². The van der Waals surface area contributed by atoms with Gasteiger partial charge in [-0.2, -0.15) is 0 Å². The van der Waals surface area contributed by atoms with Crippen LogP contribution in [0.3, 0.4) is 0 Å². The fourth-order valence-electron chi connectivity index (χ4n) is 2.55. The molecule has 0 fully saturated rings. The van der Waals surface area contributed by atoms with Gasteiger partial charge in [-0.15, -0.1) is 0 Å². The highest BCUT2D eigenvalue weighted by Gasteiger charge is 2.37. The summed E-state index contributed by atoms with van der Waals surface area (Å²) >= 11 is 0. The quantitative estimate of drug-likeness (QED) is 0.686. The molecule has 8 heteroatoms. The van der Waals surface area contributed by atoms with Gasteiger partial charge < -0.3 is 28.9 Å². The van der Waals surface area contributed by atoms with Crippen LogP contribution in [0.5, 0.6) is 0 Å². The van der Waals surface area contributed by atoms with Crippen LogP contribution in [-0.2, 0) is 32.2 Å². The fraction of sp³-hybridized carbons (Fsp3) is 0.222. The molecule has 8 nitrogen and oxygen atoms in total. The van der Waals surface area contributed by atoms with Gasteiger partial charge >= 0.3 is 0 Å². The van der Waals surface area contributed by atoms with Gasteiger partial charge in [0.15, 0.2) is 11.5 Å². The van der Waals surface area contributed by atoms with Crippen molar-refractivity contribution >= 4 is 11.6 Å². The van der Waals surface area contributed by atoms with Gasteiger partial charge in [-0.1, -0.05) is 0 Å². The van der Waals surface area contributed by atoms with E-state index in [1.807, 2.05) is 0 Å². The summed E-state index contributed by atoms with van der Waals surface area (Å²) in [5, 5.41) is 5.78. The van der Waals surface area contributed by atoms with Gasteiger partial charge in [-0.25, -0.2) is 0 Å². The lowest BCUT2D eigenvalue weighted by Crippen LogP contribution is -2.36. The highest BCUT2D eigenvalue weighted by molar-refractivity contribution is 6.23. The Balaban J connectivity index is 1.84. The second-order valence-electron chi connectivity index (χ2n) is 5.34. The summed E-state index contributed by atoms with van der Waals surface area (Å²) in [5.41, 5.74) is 0.0450. The zero-order valence-corrected chi connectivity index (χ0v) is 14.3. The van der Waals surface area contributed by atoms with Crippen LogP contribution in [0, 0.1) is 0 Å². The van der Waals surface area contributed by atoms with Crippen molar-refractivity contribution in [2.75, 3.05) is 14.2 Å². The molecule has 2 heterocycles. The van der Waals surface area contributed by atoms with Crippen molar-refractivity contribution in [1.82, 2.24) is 10.6 Å². The van der Waals surface area contributed by atoms with Gasteiger partial charge in [-0.05, 0) is 24.3 Å². The van der Waals surface area contributed by atoms with E-state index in [4.69, 9.17) is 18.3 Å². The van der Waals surface area contributed by atoms with Crippen molar-refractivity contribution in [3.05, 3.63) is 71.2 Å². The minimum absolute atomic E-state index is 0.0225. The largest absolute Gasteiger partial charge is 0.491 e. The number of hydrogen-bond acceptors (Lipinski definition) is 8. The maximum Gasteiger partial charge on any atom is 0.249 e. The van der Waals surface area contributed by atoms with Crippen molar-refractivity contribution in [2.24, 2.45) is 0 Å². The molecule has 0 saturated carbocycles. The van der Waals surface area contributed by atoms with E-state index in [2.05, 4.69) is 10.6 Å². The lowest BCUT2D eigenvalue weighted by molar-refractivity contribution is -0.121. The molecule has 0 radical (unpaired) electrons. The van der Waals surface area contributed by atoms with Crippen LogP contribution in [0.2, 0.25) is 0 Å². The first-order valence-corrected chi connectivity index (χ1v) is 7.84. The molecule has 0 amide bonds. The summed E-state index contributed by atoms with van der Waals surface area (Å²) in [6.45, 7) is 0.445. The van der Waals surface area contributed by atoms with Gasteiger partial charge in [-0.3, -0.25) is 9.59 Å². The van der Waals surface area contributed by atoms with E-state index in [0.29, 0.717) is 11.5 Å². The van der Waals surface area contributed by atoms with Crippen molar-refractivity contribution in [1.29, 1.82) is 0 Å².